The number of rotatable bonds is 0. The Morgan fingerprint density at radius 2 is 1.00 bits per heavy atom. The first-order valence-electron chi connectivity index (χ1n) is 0.655. The zero-order valence-corrected chi connectivity index (χ0v) is 6.47. The van der Waals surface area contributed by atoms with E-state index < -0.39 is 0 Å². The largest absolute Gasteiger partial charge is 0.369 e. The van der Waals surface area contributed by atoms with E-state index in [1.807, 2.05) is 0 Å². The van der Waals surface area contributed by atoms with Crippen molar-refractivity contribution in [3.63, 3.8) is 0 Å². The zero-order valence-electron chi connectivity index (χ0n) is 1.71. The molecule has 0 aromatic carbocycles. The third kappa shape index (κ3) is 29.9. The van der Waals surface area contributed by atoms with E-state index in [1.165, 1.54) is 0 Å². The quantitative estimate of drug-likeness (QED) is 0.592. The summed E-state index contributed by atoms with van der Waals surface area (Å²) in [4.78, 5) is 0. The normalized spacial score (nSPS) is 5.40. The van der Waals surface area contributed by atoms with Gasteiger partial charge in [-0.25, -0.2) is 0 Å². The van der Waals surface area contributed by atoms with E-state index >= 15 is 0 Å². The number of hydrogen-bond acceptors (Lipinski definition) is 0. The van der Waals surface area contributed by atoms with Gasteiger partial charge < -0.3 is 0 Å². The molecule has 0 aliphatic rings. The summed E-state index contributed by atoms with van der Waals surface area (Å²) in [5.41, 5.74) is 0. The molecule has 0 nitrogen and oxygen atoms in total. The maximum absolute atomic E-state index is 3.10. The molecule has 0 aromatic rings. The molecule has 0 aliphatic carbocycles. The van der Waals surface area contributed by atoms with Crippen LogP contribution in [0.25, 0.3) is 0 Å². The fourth-order valence-corrected chi connectivity index (χ4v) is 0. The predicted octanol–water partition coefficient (Wildman–Crippen LogP) is 2.79. The number of hydrogen-bond donors (Lipinski definition) is 0. The SMILES string of the molecule is BrB(Br)Br.C. The Hall–Kier alpha value is 1.50. The van der Waals surface area contributed by atoms with Crippen LogP contribution in [0.5, 0.6) is 0 Å². The molecule has 0 aliphatic heterocycles. The molecule has 0 bridgehead atoms. The second-order valence-corrected chi connectivity index (χ2v) is 6.68. The first-order chi connectivity index (χ1) is 1.73. The highest BCUT2D eigenvalue weighted by molar-refractivity contribution is 9.69. The van der Waals surface area contributed by atoms with Gasteiger partial charge in [0.05, 0.1) is 0 Å². The minimum atomic E-state index is 0. The molecule has 0 atom stereocenters. The van der Waals surface area contributed by atoms with Gasteiger partial charge in [0.1, 0.15) is 0 Å². The lowest BCUT2D eigenvalue weighted by Gasteiger charge is -1.63. The molecular formula is CH4BBr3. The van der Waals surface area contributed by atoms with Crippen molar-refractivity contribution in [2.75, 3.05) is 0 Å². The molecule has 0 rings (SSSR count). The molecule has 4 heteroatoms. The van der Waals surface area contributed by atoms with Gasteiger partial charge in [0.2, 0.25) is 0 Å². The predicted molar refractivity (Wildman–Crippen MR) is 39.3 cm³/mol. The Labute approximate surface area is 57.7 Å². The first-order valence-corrected chi connectivity index (χ1v) is 3.40. The van der Waals surface area contributed by atoms with Crippen LogP contribution in [-0.2, 0) is 0 Å². The first kappa shape index (κ1) is 9.71. The van der Waals surface area contributed by atoms with Crippen molar-refractivity contribution in [2.24, 2.45) is 0 Å². The summed E-state index contributed by atoms with van der Waals surface area (Å²) in [6.07, 6.45) is 0. The summed E-state index contributed by atoms with van der Waals surface area (Å²) < 4.78 is 0.271. The van der Waals surface area contributed by atoms with Gasteiger partial charge in [0, 0.05) is 0 Å². The fourth-order valence-electron chi connectivity index (χ4n) is 0. The molecule has 0 saturated carbocycles. The maximum Gasteiger partial charge on any atom is 0.369 e. The van der Waals surface area contributed by atoms with Crippen molar-refractivity contribution in [2.45, 2.75) is 7.43 Å². The summed E-state index contributed by atoms with van der Waals surface area (Å²) in [6.45, 7) is 0. The van der Waals surface area contributed by atoms with Crippen LogP contribution in [0.1, 0.15) is 7.43 Å². The minimum absolute atomic E-state index is 0. The molecule has 0 heterocycles. The second-order valence-electron chi connectivity index (χ2n) is 0.247. The topological polar surface area (TPSA) is 0 Å². The smallest absolute Gasteiger partial charge is 0.123 e. The highest BCUT2D eigenvalue weighted by Gasteiger charge is 1.87. The van der Waals surface area contributed by atoms with Gasteiger partial charge in [-0.05, 0) is 0 Å². The molecule has 0 unspecified atom stereocenters. The van der Waals surface area contributed by atoms with Crippen molar-refractivity contribution < 1.29 is 0 Å². The van der Waals surface area contributed by atoms with Crippen LogP contribution >= 0.6 is 47.3 Å². The summed E-state index contributed by atoms with van der Waals surface area (Å²) in [7, 11) is 0. The highest BCUT2D eigenvalue weighted by atomic mass is 79.9. The molecule has 0 saturated heterocycles. The van der Waals surface area contributed by atoms with Gasteiger partial charge >= 0.3 is 3.18 Å². The van der Waals surface area contributed by atoms with Crippen LogP contribution in [-0.4, -0.2) is 3.18 Å². The lowest BCUT2D eigenvalue weighted by Crippen LogP contribution is -1.60. The molecule has 0 spiro atoms. The molecule has 0 N–H and O–H groups in total. The van der Waals surface area contributed by atoms with Crippen molar-refractivity contribution in [1.29, 1.82) is 0 Å². The minimum Gasteiger partial charge on any atom is -0.123 e. The number of halogens is 3. The molecule has 0 amide bonds. The Morgan fingerprint density at radius 3 is 1.00 bits per heavy atom. The van der Waals surface area contributed by atoms with Crippen LogP contribution in [0.3, 0.4) is 0 Å². The van der Waals surface area contributed by atoms with Gasteiger partial charge in [-0.15, -0.1) is 47.3 Å². The van der Waals surface area contributed by atoms with Crippen molar-refractivity contribution in [1.82, 2.24) is 0 Å². The Kier molecular flexibility index (Phi) is 10.7. The van der Waals surface area contributed by atoms with E-state index in [0.717, 1.165) is 0 Å². The van der Waals surface area contributed by atoms with Crippen molar-refractivity contribution in [3.05, 3.63) is 0 Å². The van der Waals surface area contributed by atoms with E-state index in [0.29, 0.717) is 0 Å². The van der Waals surface area contributed by atoms with E-state index in [1.54, 1.807) is 0 Å². The maximum atomic E-state index is 3.10. The Bertz CT molecular complexity index is 11.6. The molecule has 0 fully saturated rings. The van der Waals surface area contributed by atoms with Crippen LogP contribution in [0.2, 0.25) is 0 Å². The van der Waals surface area contributed by atoms with Gasteiger partial charge in [-0.3, -0.25) is 0 Å². The van der Waals surface area contributed by atoms with Crippen LogP contribution in [0, 0.1) is 0 Å². The Morgan fingerprint density at radius 1 is 1.00 bits per heavy atom. The standard InChI is InChI=1S/CH4.BBr3/c;2-1(3)4/h1H4;. The van der Waals surface area contributed by atoms with Crippen LogP contribution < -0.4 is 0 Å². The fraction of sp³-hybridized carbons (Fsp3) is 1.00. The molecule has 0 radical (unpaired) electrons. The average Bonchev–Trinajstić information content (AvgIpc) is 0.811. The summed E-state index contributed by atoms with van der Waals surface area (Å²) in [5.74, 6) is 0. The van der Waals surface area contributed by atoms with Crippen molar-refractivity contribution >= 4 is 50.5 Å². The van der Waals surface area contributed by atoms with E-state index in [4.69, 9.17) is 0 Å². The van der Waals surface area contributed by atoms with E-state index in [9.17, 15) is 0 Å². The molecule has 5 heavy (non-hydrogen) atoms. The molecule has 0 aromatic heterocycles. The highest BCUT2D eigenvalue weighted by Crippen LogP contribution is 2.07. The lowest BCUT2D eigenvalue weighted by molar-refractivity contribution is 2.50. The second kappa shape index (κ2) is 5.50. The van der Waals surface area contributed by atoms with Gasteiger partial charge in [0.25, 0.3) is 0 Å². The van der Waals surface area contributed by atoms with Crippen LogP contribution in [0.4, 0.5) is 0 Å². The Balaban J connectivity index is 0. The van der Waals surface area contributed by atoms with Crippen LogP contribution in [0.15, 0.2) is 0 Å². The van der Waals surface area contributed by atoms with Gasteiger partial charge in [-0.2, -0.15) is 0 Å². The summed E-state index contributed by atoms with van der Waals surface area (Å²) in [5, 5.41) is 0. The third-order valence-electron chi connectivity index (χ3n) is 0. The van der Waals surface area contributed by atoms with Gasteiger partial charge in [-0.1, -0.05) is 7.43 Å². The lowest BCUT2D eigenvalue weighted by atomic mass is 10.8. The van der Waals surface area contributed by atoms with E-state index in [2.05, 4.69) is 47.3 Å². The van der Waals surface area contributed by atoms with E-state index in [-0.39, 0.29) is 10.6 Å². The van der Waals surface area contributed by atoms with Gasteiger partial charge in [0.15, 0.2) is 0 Å². The summed E-state index contributed by atoms with van der Waals surface area (Å²) in [6, 6.07) is 0. The monoisotopic (exact) mass is 264 g/mol. The molecule has 32 valence electrons. The third-order valence-corrected chi connectivity index (χ3v) is 0. The zero-order chi connectivity index (χ0) is 3.58. The molecular weight excluding hydrogens is 263 g/mol. The summed E-state index contributed by atoms with van der Waals surface area (Å²) >= 11 is 9.31. The van der Waals surface area contributed by atoms with Crippen molar-refractivity contribution in [3.8, 4) is 0 Å². The average molecular weight is 267 g/mol.